The maximum absolute atomic E-state index is 13.1. The van der Waals surface area contributed by atoms with E-state index >= 15 is 0 Å². The molecule has 0 saturated carbocycles. The Kier molecular flexibility index (Phi) is 5.77. The van der Waals surface area contributed by atoms with Crippen LogP contribution >= 0.6 is 0 Å². The van der Waals surface area contributed by atoms with Crippen molar-refractivity contribution >= 4 is 22.6 Å². The number of benzene rings is 1. The minimum absolute atomic E-state index is 0.0293. The van der Waals surface area contributed by atoms with Crippen molar-refractivity contribution in [1.29, 1.82) is 5.41 Å². The highest BCUT2D eigenvalue weighted by Crippen LogP contribution is 2.15. The van der Waals surface area contributed by atoms with E-state index in [4.69, 9.17) is 10.1 Å². The predicted octanol–water partition coefficient (Wildman–Crippen LogP) is 2.69. The molecule has 4 aromatic rings. The second-order valence-corrected chi connectivity index (χ2v) is 7.81. The van der Waals surface area contributed by atoms with Crippen molar-refractivity contribution in [3.05, 3.63) is 81.7 Å². The van der Waals surface area contributed by atoms with Crippen molar-refractivity contribution < 1.29 is 9.53 Å². The summed E-state index contributed by atoms with van der Waals surface area (Å²) in [5.41, 5.74) is 1.86. The van der Waals surface area contributed by atoms with Crippen molar-refractivity contribution in [2.45, 2.75) is 26.3 Å². The zero-order valence-electron chi connectivity index (χ0n) is 18.3. The normalized spacial score (nSPS) is 11.2. The van der Waals surface area contributed by atoms with Gasteiger partial charge in [0.05, 0.1) is 18.1 Å². The number of pyridine rings is 2. The Morgan fingerprint density at radius 2 is 1.94 bits per heavy atom. The summed E-state index contributed by atoms with van der Waals surface area (Å²) >= 11 is 0. The molecule has 1 amide bonds. The molecule has 0 aliphatic carbocycles. The summed E-state index contributed by atoms with van der Waals surface area (Å²) in [6, 6.07) is 14.3. The van der Waals surface area contributed by atoms with E-state index in [1.165, 1.54) is 10.5 Å². The van der Waals surface area contributed by atoms with E-state index in [1.807, 2.05) is 38.1 Å². The smallest absolute Gasteiger partial charge is 0.267 e. The third kappa shape index (κ3) is 3.87. The number of carbonyl (C=O) groups excluding carboxylic acids is 1. The molecule has 3 heterocycles. The number of carbonyl (C=O) groups is 1. The van der Waals surface area contributed by atoms with Crippen LogP contribution < -0.4 is 21.1 Å². The molecule has 164 valence electrons. The van der Waals surface area contributed by atoms with Gasteiger partial charge in [0.15, 0.2) is 0 Å². The summed E-state index contributed by atoms with van der Waals surface area (Å²) in [7, 11) is 1.62. The molecule has 4 rings (SSSR count). The third-order valence-corrected chi connectivity index (χ3v) is 5.38. The fourth-order valence-electron chi connectivity index (χ4n) is 3.73. The van der Waals surface area contributed by atoms with Crippen LogP contribution in [0.5, 0.6) is 5.75 Å². The van der Waals surface area contributed by atoms with Gasteiger partial charge in [0.25, 0.3) is 11.5 Å². The zero-order valence-corrected chi connectivity index (χ0v) is 18.3. The Morgan fingerprint density at radius 3 is 2.62 bits per heavy atom. The molecule has 0 aliphatic rings. The van der Waals surface area contributed by atoms with Gasteiger partial charge in [0, 0.05) is 18.8 Å². The summed E-state index contributed by atoms with van der Waals surface area (Å²) in [6.45, 7) is 4.20. The number of aromatic nitrogens is 3. The van der Waals surface area contributed by atoms with Crippen LogP contribution in [0, 0.1) is 5.41 Å². The molecule has 1 aromatic carbocycles. The molecular formula is C24H25N5O3. The number of fused-ring (bicyclic) bond motifs is 2. The first-order valence-electron chi connectivity index (χ1n) is 10.4. The lowest BCUT2D eigenvalue weighted by Crippen LogP contribution is -2.36. The van der Waals surface area contributed by atoms with Gasteiger partial charge in [-0.1, -0.05) is 18.2 Å². The summed E-state index contributed by atoms with van der Waals surface area (Å²) in [5, 5.41) is 11.8. The molecule has 0 aliphatic heterocycles. The molecule has 0 radical (unpaired) electrons. The van der Waals surface area contributed by atoms with Crippen molar-refractivity contribution in [2.75, 3.05) is 13.7 Å². The minimum atomic E-state index is -0.391. The Labute approximate surface area is 184 Å². The van der Waals surface area contributed by atoms with Crippen LogP contribution in [0.1, 0.15) is 35.8 Å². The highest BCUT2D eigenvalue weighted by Gasteiger charge is 2.18. The van der Waals surface area contributed by atoms with Crippen molar-refractivity contribution in [1.82, 2.24) is 19.3 Å². The van der Waals surface area contributed by atoms with Gasteiger partial charge in [-0.05, 0) is 56.2 Å². The largest absolute Gasteiger partial charge is 0.497 e. The fraction of sp³-hybridized carbons (Fsp3) is 0.250. The first-order valence-corrected chi connectivity index (χ1v) is 10.4. The van der Waals surface area contributed by atoms with Crippen LogP contribution in [-0.2, 0) is 6.42 Å². The number of ether oxygens (including phenoxy) is 1. The molecule has 2 N–H and O–H groups in total. The van der Waals surface area contributed by atoms with Crippen LogP contribution in [0.25, 0.3) is 16.7 Å². The third-order valence-electron chi connectivity index (χ3n) is 5.38. The Hall–Kier alpha value is -3.94. The fourth-order valence-corrected chi connectivity index (χ4v) is 3.73. The molecule has 0 spiro atoms. The zero-order chi connectivity index (χ0) is 22.8. The van der Waals surface area contributed by atoms with Gasteiger partial charge in [0.2, 0.25) is 0 Å². The summed E-state index contributed by atoms with van der Waals surface area (Å²) < 4.78 is 8.23. The number of rotatable bonds is 6. The Balaban J connectivity index is 1.69. The van der Waals surface area contributed by atoms with E-state index in [1.54, 1.807) is 36.1 Å². The number of hydrogen-bond acceptors (Lipinski definition) is 5. The first kappa shape index (κ1) is 21.3. The van der Waals surface area contributed by atoms with Crippen LogP contribution in [0.4, 0.5) is 0 Å². The molecule has 3 aromatic heterocycles. The van der Waals surface area contributed by atoms with Gasteiger partial charge in [-0.15, -0.1) is 0 Å². The van der Waals surface area contributed by atoms with Gasteiger partial charge in [-0.25, -0.2) is 4.98 Å². The van der Waals surface area contributed by atoms with E-state index in [0.29, 0.717) is 29.6 Å². The average Bonchev–Trinajstić information content (AvgIpc) is 2.79. The number of nitrogens with one attached hydrogen (secondary N) is 2. The van der Waals surface area contributed by atoms with Gasteiger partial charge < -0.3 is 14.6 Å². The van der Waals surface area contributed by atoms with E-state index < -0.39 is 5.91 Å². The Morgan fingerprint density at radius 1 is 1.19 bits per heavy atom. The molecular weight excluding hydrogens is 406 g/mol. The van der Waals surface area contributed by atoms with E-state index in [2.05, 4.69) is 10.3 Å². The predicted molar refractivity (Wildman–Crippen MR) is 122 cm³/mol. The molecule has 0 fully saturated rings. The van der Waals surface area contributed by atoms with Crippen LogP contribution in [0.15, 0.2) is 59.5 Å². The number of nitrogens with zero attached hydrogens (tertiary/aromatic N) is 3. The van der Waals surface area contributed by atoms with Crippen LogP contribution in [0.2, 0.25) is 0 Å². The van der Waals surface area contributed by atoms with Crippen molar-refractivity contribution in [3.8, 4) is 5.75 Å². The molecule has 32 heavy (non-hydrogen) atoms. The minimum Gasteiger partial charge on any atom is -0.497 e. The Bertz CT molecular complexity index is 1420. The monoisotopic (exact) mass is 431 g/mol. The van der Waals surface area contributed by atoms with Crippen molar-refractivity contribution in [2.24, 2.45) is 0 Å². The maximum Gasteiger partial charge on any atom is 0.267 e. The van der Waals surface area contributed by atoms with E-state index in [0.717, 1.165) is 11.3 Å². The standard InChI is InChI=1S/C24H25N5O3/c1-15(2)29-21(25)18(23(30)26-12-11-16-7-9-17(32-3)10-8-16)14-19-22(29)27-20-6-4-5-13-28(20)24(19)31/h4-10,13-15,25H,11-12H2,1-3H3,(H,26,30). The van der Waals surface area contributed by atoms with E-state index in [9.17, 15) is 9.59 Å². The molecule has 8 nitrogen and oxygen atoms in total. The van der Waals surface area contributed by atoms with Gasteiger partial charge >= 0.3 is 0 Å². The highest BCUT2D eigenvalue weighted by molar-refractivity contribution is 5.96. The first-order chi connectivity index (χ1) is 15.4. The molecule has 0 bridgehead atoms. The van der Waals surface area contributed by atoms with E-state index in [-0.39, 0.29) is 22.7 Å². The SMILES string of the molecule is COc1ccc(CCNC(=O)c2cc3c(=O)n4ccccc4nc3n(C(C)C)c2=N)cc1. The number of methoxy groups -OCH3 is 1. The van der Waals surface area contributed by atoms with Gasteiger partial charge in [-0.3, -0.25) is 19.4 Å². The summed E-state index contributed by atoms with van der Waals surface area (Å²) in [5.74, 6) is 0.385. The van der Waals surface area contributed by atoms with Gasteiger partial charge in [0.1, 0.15) is 22.5 Å². The number of amides is 1. The summed E-state index contributed by atoms with van der Waals surface area (Å²) in [4.78, 5) is 30.7. The van der Waals surface area contributed by atoms with Crippen LogP contribution in [-0.4, -0.2) is 33.5 Å². The van der Waals surface area contributed by atoms with Gasteiger partial charge in [-0.2, -0.15) is 0 Å². The molecule has 0 atom stereocenters. The van der Waals surface area contributed by atoms with Crippen molar-refractivity contribution in [3.63, 3.8) is 0 Å². The molecule has 8 heteroatoms. The quantitative estimate of drug-likeness (QED) is 0.458. The molecule has 0 saturated heterocycles. The lowest BCUT2D eigenvalue weighted by atomic mass is 10.1. The van der Waals surface area contributed by atoms with Crippen LogP contribution in [0.3, 0.4) is 0 Å². The highest BCUT2D eigenvalue weighted by atomic mass is 16.5. The number of hydrogen-bond donors (Lipinski definition) is 2. The average molecular weight is 431 g/mol. The maximum atomic E-state index is 13.1. The molecule has 0 unspecified atom stereocenters. The lowest BCUT2D eigenvalue weighted by Gasteiger charge is -2.17. The second-order valence-electron chi connectivity index (χ2n) is 7.81. The second kappa shape index (κ2) is 8.66. The summed E-state index contributed by atoms with van der Waals surface area (Å²) in [6.07, 6.45) is 2.28. The topological polar surface area (TPSA) is 101 Å². The lowest BCUT2D eigenvalue weighted by molar-refractivity contribution is 0.0951.